The first-order valence-corrected chi connectivity index (χ1v) is 10.6. The minimum Gasteiger partial charge on any atom is -0.507 e. The largest absolute Gasteiger partial charge is 0.507 e. The molecule has 29 heavy (non-hydrogen) atoms. The monoisotopic (exact) mass is 416 g/mol. The number of nitrogens with zero attached hydrogens (tertiary/aromatic N) is 2. The second-order valence-electron chi connectivity index (χ2n) is 6.99. The van der Waals surface area contributed by atoms with Gasteiger partial charge in [0.05, 0.1) is 11.6 Å². The lowest BCUT2D eigenvalue weighted by Crippen LogP contribution is -2.37. The van der Waals surface area contributed by atoms with Gasteiger partial charge in [0.2, 0.25) is 0 Å². The zero-order valence-electron chi connectivity index (χ0n) is 16.8. The molecule has 0 spiro atoms. The molecule has 154 valence electrons. The number of thiophene rings is 1. The molecular formula is C22H25FN2O3S. The summed E-state index contributed by atoms with van der Waals surface area (Å²) in [6, 6.07) is 6.55. The van der Waals surface area contributed by atoms with Crippen LogP contribution in [0.1, 0.15) is 35.9 Å². The van der Waals surface area contributed by atoms with Crippen LogP contribution in [0.2, 0.25) is 0 Å². The summed E-state index contributed by atoms with van der Waals surface area (Å²) in [5.41, 5.74) is 1.33. The molecule has 1 aliphatic rings. The molecule has 2 aromatic rings. The second kappa shape index (κ2) is 8.88. The number of ketones is 1. The third-order valence-corrected chi connectivity index (χ3v) is 6.43. The zero-order chi connectivity index (χ0) is 21.1. The van der Waals surface area contributed by atoms with Crippen molar-refractivity contribution < 1.29 is 19.1 Å². The number of hydrogen-bond acceptors (Lipinski definition) is 5. The predicted molar refractivity (Wildman–Crippen MR) is 112 cm³/mol. The molecule has 1 amide bonds. The van der Waals surface area contributed by atoms with Crippen LogP contribution in [0.4, 0.5) is 4.39 Å². The maximum absolute atomic E-state index is 13.3. The lowest BCUT2D eigenvalue weighted by molar-refractivity contribution is -0.140. The van der Waals surface area contributed by atoms with Gasteiger partial charge < -0.3 is 14.9 Å². The van der Waals surface area contributed by atoms with E-state index in [0.717, 1.165) is 23.5 Å². The fourth-order valence-corrected chi connectivity index (χ4v) is 4.65. The summed E-state index contributed by atoms with van der Waals surface area (Å²) in [6.45, 7) is 8.73. The Kier molecular flexibility index (Phi) is 6.49. The molecule has 1 N–H and O–H groups in total. The van der Waals surface area contributed by atoms with Crippen molar-refractivity contribution >= 4 is 28.8 Å². The highest BCUT2D eigenvalue weighted by Crippen LogP contribution is 2.42. The fraction of sp³-hybridized carbons (Fsp3) is 0.364. The predicted octanol–water partition coefficient (Wildman–Crippen LogP) is 3.96. The SMILES string of the molecule is CCN(CC)CCN1C(=O)C(=O)/C(=C(\O)c2ccc(F)cc2)C1c1sccc1C. The van der Waals surface area contributed by atoms with E-state index in [9.17, 15) is 19.1 Å². The Morgan fingerprint density at radius 3 is 2.38 bits per heavy atom. The van der Waals surface area contributed by atoms with Gasteiger partial charge in [0.1, 0.15) is 11.6 Å². The number of likely N-dealkylation sites (tertiary alicyclic amines) is 1. The molecule has 1 aromatic heterocycles. The summed E-state index contributed by atoms with van der Waals surface area (Å²) in [6.07, 6.45) is 0. The van der Waals surface area contributed by atoms with E-state index in [4.69, 9.17) is 0 Å². The number of carbonyl (C=O) groups excluding carboxylic acids is 2. The van der Waals surface area contributed by atoms with E-state index in [2.05, 4.69) is 4.90 Å². The Hall–Kier alpha value is -2.51. The molecule has 0 aliphatic carbocycles. The zero-order valence-corrected chi connectivity index (χ0v) is 17.6. The molecule has 2 heterocycles. The maximum atomic E-state index is 13.3. The molecule has 5 nitrogen and oxygen atoms in total. The average Bonchev–Trinajstić information content (AvgIpc) is 3.24. The van der Waals surface area contributed by atoms with Crippen molar-refractivity contribution in [1.29, 1.82) is 0 Å². The highest BCUT2D eigenvalue weighted by molar-refractivity contribution is 7.10. The molecule has 7 heteroatoms. The van der Waals surface area contributed by atoms with Crippen molar-refractivity contribution in [2.45, 2.75) is 26.8 Å². The van der Waals surface area contributed by atoms with E-state index in [0.29, 0.717) is 18.7 Å². The third-order valence-electron chi connectivity index (χ3n) is 5.36. The molecule has 1 saturated heterocycles. The van der Waals surface area contributed by atoms with Gasteiger partial charge in [0.15, 0.2) is 0 Å². The van der Waals surface area contributed by atoms with Crippen molar-refractivity contribution in [3.63, 3.8) is 0 Å². The van der Waals surface area contributed by atoms with Crippen molar-refractivity contribution in [3.05, 3.63) is 63.1 Å². The summed E-state index contributed by atoms with van der Waals surface area (Å²) < 4.78 is 13.3. The number of aryl methyl sites for hydroxylation is 1. The third kappa shape index (κ3) is 4.11. The number of aliphatic hydroxyl groups excluding tert-OH is 1. The number of carbonyl (C=O) groups is 2. The van der Waals surface area contributed by atoms with E-state index in [1.165, 1.54) is 35.6 Å². The van der Waals surface area contributed by atoms with Crippen LogP contribution in [0.5, 0.6) is 0 Å². The molecule has 1 unspecified atom stereocenters. The number of rotatable bonds is 7. The number of halogens is 1. The van der Waals surface area contributed by atoms with Crippen LogP contribution in [0.25, 0.3) is 5.76 Å². The number of benzene rings is 1. The van der Waals surface area contributed by atoms with E-state index in [-0.39, 0.29) is 11.3 Å². The Morgan fingerprint density at radius 1 is 1.17 bits per heavy atom. The van der Waals surface area contributed by atoms with Gasteiger partial charge in [-0.2, -0.15) is 0 Å². The van der Waals surface area contributed by atoms with Crippen LogP contribution >= 0.6 is 11.3 Å². The summed E-state index contributed by atoms with van der Waals surface area (Å²) >= 11 is 1.45. The van der Waals surface area contributed by atoms with Gasteiger partial charge >= 0.3 is 0 Å². The van der Waals surface area contributed by atoms with Crippen molar-refractivity contribution in [1.82, 2.24) is 9.80 Å². The van der Waals surface area contributed by atoms with Crippen LogP contribution in [-0.2, 0) is 9.59 Å². The topological polar surface area (TPSA) is 60.9 Å². The highest BCUT2D eigenvalue weighted by atomic mass is 32.1. The first-order valence-electron chi connectivity index (χ1n) is 9.69. The van der Waals surface area contributed by atoms with Gasteiger partial charge in [-0.05, 0) is 61.3 Å². The molecule has 0 radical (unpaired) electrons. The molecule has 1 aromatic carbocycles. The van der Waals surface area contributed by atoms with Gasteiger partial charge in [0.25, 0.3) is 11.7 Å². The summed E-state index contributed by atoms with van der Waals surface area (Å²) in [5.74, 6) is -2.03. The normalized spacial score (nSPS) is 18.8. The molecule has 0 bridgehead atoms. The van der Waals surface area contributed by atoms with Crippen LogP contribution < -0.4 is 0 Å². The Bertz CT molecular complexity index is 932. The Balaban J connectivity index is 2.07. The molecule has 3 rings (SSSR count). The lowest BCUT2D eigenvalue weighted by atomic mass is 9.98. The second-order valence-corrected chi connectivity index (χ2v) is 7.94. The van der Waals surface area contributed by atoms with Crippen LogP contribution in [0.15, 0.2) is 41.3 Å². The first kappa shape index (κ1) is 21.2. The molecule has 1 aliphatic heterocycles. The van der Waals surface area contributed by atoms with Gasteiger partial charge in [-0.25, -0.2) is 4.39 Å². The Morgan fingerprint density at radius 2 is 1.83 bits per heavy atom. The molecule has 1 fully saturated rings. The summed E-state index contributed by atoms with van der Waals surface area (Å²) in [4.78, 5) is 30.4. The van der Waals surface area contributed by atoms with Crippen LogP contribution in [0, 0.1) is 12.7 Å². The average molecular weight is 417 g/mol. The minimum atomic E-state index is -0.704. The summed E-state index contributed by atoms with van der Waals surface area (Å²) in [7, 11) is 0. The lowest BCUT2D eigenvalue weighted by Gasteiger charge is -2.27. The van der Waals surface area contributed by atoms with Crippen molar-refractivity contribution in [2.75, 3.05) is 26.2 Å². The van der Waals surface area contributed by atoms with Crippen LogP contribution in [-0.4, -0.2) is 52.8 Å². The van der Waals surface area contributed by atoms with Crippen molar-refractivity contribution in [2.24, 2.45) is 0 Å². The summed E-state index contributed by atoms with van der Waals surface area (Å²) in [5, 5.41) is 12.8. The molecule has 0 saturated carbocycles. The van der Waals surface area contributed by atoms with Gasteiger partial charge in [-0.3, -0.25) is 9.59 Å². The van der Waals surface area contributed by atoms with E-state index >= 15 is 0 Å². The standard InChI is InChI=1S/C22H25FN2O3S/c1-4-24(5-2)11-12-25-18(21-14(3)10-13-29-21)17(20(27)22(25)28)19(26)15-6-8-16(23)9-7-15/h6-10,13,18,26H,4-5,11-12H2,1-3H3/b19-17-. The van der Waals surface area contributed by atoms with E-state index < -0.39 is 23.5 Å². The van der Waals surface area contributed by atoms with E-state index in [1.807, 2.05) is 32.2 Å². The van der Waals surface area contributed by atoms with Crippen molar-refractivity contribution in [3.8, 4) is 0 Å². The fourth-order valence-electron chi connectivity index (χ4n) is 3.60. The molecule has 1 atom stereocenters. The number of amides is 1. The molecular weight excluding hydrogens is 391 g/mol. The number of aliphatic hydroxyl groups is 1. The number of hydrogen-bond donors (Lipinski definition) is 1. The maximum Gasteiger partial charge on any atom is 0.295 e. The minimum absolute atomic E-state index is 0.0618. The quantitative estimate of drug-likeness (QED) is 0.422. The van der Waals surface area contributed by atoms with E-state index in [1.54, 1.807) is 4.90 Å². The van der Waals surface area contributed by atoms with Gasteiger partial charge in [0, 0.05) is 23.5 Å². The number of Topliss-reactive ketones (excluding diaryl/α,β-unsaturated/α-hetero) is 1. The number of likely N-dealkylation sites (N-methyl/N-ethyl adjacent to an activating group) is 1. The van der Waals surface area contributed by atoms with Gasteiger partial charge in [-0.1, -0.05) is 13.8 Å². The smallest absolute Gasteiger partial charge is 0.295 e. The Labute approximate surface area is 174 Å². The van der Waals surface area contributed by atoms with Crippen LogP contribution in [0.3, 0.4) is 0 Å². The first-order chi connectivity index (χ1) is 13.9. The van der Waals surface area contributed by atoms with Gasteiger partial charge in [-0.15, -0.1) is 11.3 Å². The highest BCUT2D eigenvalue weighted by Gasteiger charge is 2.46.